The number of piperidine rings is 1. The third-order valence-corrected chi connectivity index (χ3v) is 7.50. The average Bonchev–Trinajstić information content (AvgIpc) is 3.40. The first-order chi connectivity index (χ1) is 18.1. The van der Waals surface area contributed by atoms with Crippen LogP contribution in [0.4, 0.5) is 0 Å². The predicted molar refractivity (Wildman–Crippen MR) is 146 cm³/mol. The summed E-state index contributed by atoms with van der Waals surface area (Å²) < 4.78 is 11.2. The summed E-state index contributed by atoms with van der Waals surface area (Å²) in [7, 11) is 3.31. The molecule has 0 aliphatic carbocycles. The van der Waals surface area contributed by atoms with Gasteiger partial charge in [-0.3, -0.25) is 9.69 Å². The third-order valence-electron chi connectivity index (χ3n) is 7.50. The van der Waals surface area contributed by atoms with Crippen molar-refractivity contribution in [2.75, 3.05) is 33.9 Å². The number of ether oxygens (including phenoxy) is 2. The molecule has 3 aromatic carbocycles. The molecule has 0 bridgehead atoms. The number of benzene rings is 3. The van der Waals surface area contributed by atoms with Crippen molar-refractivity contribution in [3.05, 3.63) is 95.6 Å². The Balaban J connectivity index is 1.31. The molecule has 0 aromatic heterocycles. The highest BCUT2D eigenvalue weighted by molar-refractivity contribution is 6.03. The van der Waals surface area contributed by atoms with Crippen molar-refractivity contribution in [3.63, 3.8) is 0 Å². The van der Waals surface area contributed by atoms with Crippen LogP contribution in [0.2, 0.25) is 0 Å². The summed E-state index contributed by atoms with van der Waals surface area (Å²) in [6.45, 7) is 2.23. The quantitative estimate of drug-likeness (QED) is 0.422. The smallest absolute Gasteiger partial charge is 0.257 e. The van der Waals surface area contributed by atoms with E-state index in [1.54, 1.807) is 19.2 Å². The molecule has 1 saturated heterocycles. The molecule has 37 heavy (non-hydrogen) atoms. The van der Waals surface area contributed by atoms with Crippen molar-refractivity contribution < 1.29 is 14.3 Å². The molecule has 2 heterocycles. The summed E-state index contributed by atoms with van der Waals surface area (Å²) in [6.07, 6.45) is 3.94. The zero-order chi connectivity index (χ0) is 25.6. The van der Waals surface area contributed by atoms with Crippen LogP contribution < -0.4 is 9.47 Å². The normalized spacial score (nSPS) is 18.5. The van der Waals surface area contributed by atoms with Crippen molar-refractivity contribution >= 4 is 11.6 Å². The number of hydrogen-bond donors (Lipinski definition) is 0. The first kappa shape index (κ1) is 25.0. The van der Waals surface area contributed by atoms with E-state index in [2.05, 4.69) is 35.2 Å². The molecule has 0 saturated carbocycles. The van der Waals surface area contributed by atoms with Crippen LogP contribution in [0.5, 0.6) is 11.5 Å². The number of carbonyl (C=O) groups excluding carboxylic acids is 1. The van der Waals surface area contributed by atoms with E-state index in [9.17, 15) is 4.79 Å². The van der Waals surface area contributed by atoms with Crippen molar-refractivity contribution in [3.8, 4) is 11.5 Å². The standard InChI is InChI=1S/C31H35N3O3/c1-36-26-13-14-30(37-2)27(20-26)29-21-28(25-11-7-4-8-12-25)32-34(29)31(35)22-33-17-15-24(16-18-33)19-23-9-5-3-6-10-23/h3-14,20,24,29H,15-19,21-22H2,1-2H3/t29-/m1/s1. The van der Waals surface area contributed by atoms with Gasteiger partial charge >= 0.3 is 0 Å². The van der Waals surface area contributed by atoms with Crippen LogP contribution >= 0.6 is 0 Å². The second kappa shape index (κ2) is 11.6. The Morgan fingerprint density at radius 1 is 0.919 bits per heavy atom. The van der Waals surface area contributed by atoms with Gasteiger partial charge in [0.2, 0.25) is 0 Å². The first-order valence-corrected chi connectivity index (χ1v) is 13.1. The molecule has 1 fully saturated rings. The maximum Gasteiger partial charge on any atom is 0.257 e. The van der Waals surface area contributed by atoms with E-state index in [0.717, 1.165) is 60.7 Å². The van der Waals surface area contributed by atoms with Gasteiger partial charge in [-0.15, -0.1) is 0 Å². The van der Waals surface area contributed by atoms with Crippen LogP contribution in [-0.2, 0) is 11.2 Å². The second-order valence-electron chi connectivity index (χ2n) is 9.89. The Hall–Kier alpha value is -3.64. The molecular formula is C31H35N3O3. The minimum absolute atomic E-state index is 0.0160. The number of carbonyl (C=O) groups is 1. The number of hydrogen-bond acceptors (Lipinski definition) is 5. The highest BCUT2D eigenvalue weighted by Crippen LogP contribution is 2.39. The van der Waals surface area contributed by atoms with Gasteiger partial charge in [0, 0.05) is 12.0 Å². The maximum atomic E-state index is 13.7. The highest BCUT2D eigenvalue weighted by Gasteiger charge is 2.36. The molecular weight excluding hydrogens is 462 g/mol. The van der Waals surface area contributed by atoms with Gasteiger partial charge in [0.05, 0.1) is 32.5 Å². The van der Waals surface area contributed by atoms with E-state index >= 15 is 0 Å². The van der Waals surface area contributed by atoms with Gasteiger partial charge in [-0.05, 0) is 67.6 Å². The molecule has 6 heteroatoms. The molecule has 0 unspecified atom stereocenters. The van der Waals surface area contributed by atoms with Gasteiger partial charge in [-0.25, -0.2) is 5.01 Å². The summed E-state index contributed by atoms with van der Waals surface area (Å²) in [5.41, 5.74) is 4.25. The van der Waals surface area contributed by atoms with Gasteiger partial charge in [-0.2, -0.15) is 5.10 Å². The molecule has 0 radical (unpaired) electrons. The number of likely N-dealkylation sites (tertiary alicyclic amines) is 1. The average molecular weight is 498 g/mol. The van der Waals surface area contributed by atoms with Crippen LogP contribution in [0.25, 0.3) is 0 Å². The molecule has 2 aliphatic rings. The molecule has 5 rings (SSSR count). The van der Waals surface area contributed by atoms with E-state index in [1.807, 2.05) is 48.5 Å². The Labute approximate surface area is 219 Å². The molecule has 0 N–H and O–H groups in total. The van der Waals surface area contributed by atoms with Gasteiger partial charge in [0.25, 0.3) is 5.91 Å². The summed E-state index contributed by atoms with van der Waals surface area (Å²) in [4.78, 5) is 16.0. The molecule has 2 aliphatic heterocycles. The Bertz CT molecular complexity index is 1220. The van der Waals surface area contributed by atoms with Gasteiger partial charge in [0.1, 0.15) is 11.5 Å². The first-order valence-electron chi connectivity index (χ1n) is 13.1. The highest BCUT2D eigenvalue weighted by atomic mass is 16.5. The number of rotatable bonds is 8. The molecule has 1 atom stereocenters. The van der Waals surface area contributed by atoms with Crippen LogP contribution in [0, 0.1) is 5.92 Å². The number of methoxy groups -OCH3 is 2. The van der Waals surface area contributed by atoms with Gasteiger partial charge in [-0.1, -0.05) is 60.7 Å². The summed E-state index contributed by atoms with van der Waals surface area (Å²) in [5.74, 6) is 2.14. The summed E-state index contributed by atoms with van der Waals surface area (Å²) in [6, 6.07) is 26.3. The lowest BCUT2D eigenvalue weighted by molar-refractivity contribution is -0.134. The Kier molecular flexibility index (Phi) is 7.85. The fourth-order valence-corrected chi connectivity index (χ4v) is 5.45. The Morgan fingerprint density at radius 2 is 1.62 bits per heavy atom. The zero-order valence-corrected chi connectivity index (χ0v) is 21.7. The lowest BCUT2D eigenvalue weighted by Gasteiger charge is -2.33. The topological polar surface area (TPSA) is 54.4 Å². The van der Waals surface area contributed by atoms with Crippen LogP contribution in [0.15, 0.2) is 84.0 Å². The van der Waals surface area contributed by atoms with Crippen LogP contribution in [0.1, 0.15) is 42.0 Å². The molecule has 192 valence electrons. The van der Waals surface area contributed by atoms with Gasteiger partial charge < -0.3 is 9.47 Å². The maximum absolute atomic E-state index is 13.7. The van der Waals surface area contributed by atoms with E-state index in [-0.39, 0.29) is 11.9 Å². The molecule has 3 aromatic rings. The van der Waals surface area contributed by atoms with E-state index in [0.29, 0.717) is 18.9 Å². The number of amides is 1. The second-order valence-corrected chi connectivity index (χ2v) is 9.89. The van der Waals surface area contributed by atoms with E-state index in [4.69, 9.17) is 14.6 Å². The zero-order valence-electron chi connectivity index (χ0n) is 21.7. The number of hydrazone groups is 1. The van der Waals surface area contributed by atoms with Crippen molar-refractivity contribution in [2.45, 2.75) is 31.7 Å². The summed E-state index contributed by atoms with van der Waals surface area (Å²) >= 11 is 0. The van der Waals surface area contributed by atoms with E-state index < -0.39 is 0 Å². The fourth-order valence-electron chi connectivity index (χ4n) is 5.45. The molecule has 1 amide bonds. The largest absolute Gasteiger partial charge is 0.497 e. The van der Waals surface area contributed by atoms with Crippen molar-refractivity contribution in [2.24, 2.45) is 11.0 Å². The monoisotopic (exact) mass is 497 g/mol. The van der Waals surface area contributed by atoms with E-state index in [1.165, 1.54) is 5.56 Å². The van der Waals surface area contributed by atoms with Crippen LogP contribution in [-0.4, -0.2) is 55.4 Å². The number of nitrogens with zero attached hydrogens (tertiary/aromatic N) is 3. The predicted octanol–water partition coefficient (Wildman–Crippen LogP) is 5.34. The molecule has 0 spiro atoms. The molecule has 6 nitrogen and oxygen atoms in total. The lowest BCUT2D eigenvalue weighted by atomic mass is 9.90. The van der Waals surface area contributed by atoms with Crippen molar-refractivity contribution in [1.82, 2.24) is 9.91 Å². The minimum Gasteiger partial charge on any atom is -0.497 e. The summed E-state index contributed by atoms with van der Waals surface area (Å²) in [5, 5.41) is 6.54. The lowest BCUT2D eigenvalue weighted by Crippen LogP contribution is -2.42. The SMILES string of the molecule is COc1ccc(OC)c([C@H]2CC(c3ccccc3)=NN2C(=O)CN2CCC(Cc3ccccc3)CC2)c1. The minimum atomic E-state index is -0.247. The third kappa shape index (κ3) is 5.86. The fraction of sp³-hybridized carbons (Fsp3) is 0.355. The van der Waals surface area contributed by atoms with Crippen LogP contribution in [0.3, 0.4) is 0 Å². The Morgan fingerprint density at radius 3 is 2.30 bits per heavy atom. The van der Waals surface area contributed by atoms with Crippen molar-refractivity contribution in [1.29, 1.82) is 0 Å². The van der Waals surface area contributed by atoms with Gasteiger partial charge in [0.15, 0.2) is 0 Å².